The lowest BCUT2D eigenvalue weighted by atomic mass is 10.3. The molecule has 0 atom stereocenters. The van der Waals surface area contributed by atoms with Crippen molar-refractivity contribution in [3.63, 3.8) is 0 Å². The number of urea groups is 1. The molecule has 0 spiro atoms. The van der Waals surface area contributed by atoms with Crippen molar-refractivity contribution in [2.45, 2.75) is 6.54 Å². The van der Waals surface area contributed by atoms with Crippen LogP contribution in [0.3, 0.4) is 0 Å². The first-order valence-corrected chi connectivity index (χ1v) is 6.38. The molecule has 2 rings (SSSR count). The summed E-state index contributed by atoms with van der Waals surface area (Å²) in [4.78, 5) is 14.5. The van der Waals surface area contributed by atoms with Crippen LogP contribution in [0.5, 0.6) is 5.75 Å². The number of phenolic OH excluding ortho intramolecular Hbond substituents is 1. The largest absolute Gasteiger partial charge is 0.508 e. The Balaban J connectivity index is 1.94. The maximum Gasteiger partial charge on any atom is 0.321 e. The maximum absolute atomic E-state index is 11.9. The Hall–Kier alpha value is -2.01. The third kappa shape index (κ3) is 3.01. The minimum atomic E-state index is -0.172. The lowest BCUT2D eigenvalue weighted by Gasteiger charge is -2.17. The summed E-state index contributed by atoms with van der Waals surface area (Å²) in [6, 6.07) is 10.3. The highest BCUT2D eigenvalue weighted by Crippen LogP contribution is 2.17. The van der Waals surface area contributed by atoms with Crippen LogP contribution in [0.4, 0.5) is 10.5 Å². The topological polar surface area (TPSA) is 52.6 Å². The van der Waals surface area contributed by atoms with Crippen LogP contribution < -0.4 is 10.2 Å². The van der Waals surface area contributed by atoms with E-state index in [0.29, 0.717) is 6.54 Å². The van der Waals surface area contributed by atoms with Gasteiger partial charge < -0.3 is 10.4 Å². The minimum absolute atomic E-state index is 0.172. The fraction of sp³-hybridized carbons (Fsp3) is 0.154. The van der Waals surface area contributed by atoms with Crippen molar-refractivity contribution in [2.75, 3.05) is 11.9 Å². The average molecular weight is 262 g/mol. The van der Waals surface area contributed by atoms with Gasteiger partial charge in [-0.1, -0.05) is 6.07 Å². The average Bonchev–Trinajstić information content (AvgIpc) is 2.89. The lowest BCUT2D eigenvalue weighted by molar-refractivity contribution is 0.247. The summed E-state index contributed by atoms with van der Waals surface area (Å²) in [5.74, 6) is 0.186. The molecule has 0 fully saturated rings. The number of thiophene rings is 1. The van der Waals surface area contributed by atoms with Crippen LogP contribution >= 0.6 is 11.3 Å². The van der Waals surface area contributed by atoms with Gasteiger partial charge in [0.25, 0.3) is 0 Å². The fourth-order valence-electron chi connectivity index (χ4n) is 1.49. The monoisotopic (exact) mass is 262 g/mol. The predicted molar refractivity (Wildman–Crippen MR) is 73.1 cm³/mol. The summed E-state index contributed by atoms with van der Waals surface area (Å²) in [7, 11) is 1.69. The molecule has 1 aromatic carbocycles. The molecule has 1 heterocycles. The second-order valence-corrected chi connectivity index (χ2v) is 4.85. The zero-order valence-corrected chi connectivity index (χ0v) is 10.8. The lowest BCUT2D eigenvalue weighted by Crippen LogP contribution is -2.36. The number of nitrogens with one attached hydrogen (secondary N) is 1. The Morgan fingerprint density at radius 1 is 1.33 bits per heavy atom. The van der Waals surface area contributed by atoms with Gasteiger partial charge in [0, 0.05) is 17.6 Å². The van der Waals surface area contributed by atoms with Crippen molar-refractivity contribution in [3.8, 4) is 5.75 Å². The molecule has 0 aliphatic carbocycles. The van der Waals surface area contributed by atoms with Crippen molar-refractivity contribution in [2.24, 2.45) is 0 Å². The molecule has 18 heavy (non-hydrogen) atoms. The van der Waals surface area contributed by atoms with E-state index >= 15 is 0 Å². The Kier molecular flexibility index (Phi) is 3.84. The highest BCUT2D eigenvalue weighted by Gasteiger charge is 2.10. The number of carbonyl (C=O) groups is 1. The van der Waals surface area contributed by atoms with E-state index in [1.807, 2.05) is 17.5 Å². The first-order valence-electron chi connectivity index (χ1n) is 5.50. The van der Waals surface area contributed by atoms with Crippen molar-refractivity contribution < 1.29 is 9.90 Å². The zero-order valence-electron chi connectivity index (χ0n) is 9.96. The number of phenols is 1. The molecule has 0 aliphatic heterocycles. The Morgan fingerprint density at radius 3 is 2.67 bits per heavy atom. The number of aromatic hydroxyl groups is 1. The Morgan fingerprint density at radius 2 is 2.06 bits per heavy atom. The smallest absolute Gasteiger partial charge is 0.321 e. The summed E-state index contributed by atoms with van der Waals surface area (Å²) >= 11 is 1.61. The minimum Gasteiger partial charge on any atom is -0.508 e. The molecular formula is C13H14N2O2S. The van der Waals surface area contributed by atoms with Crippen LogP contribution in [0.1, 0.15) is 4.88 Å². The van der Waals surface area contributed by atoms with Crippen LogP contribution in [0, 0.1) is 0 Å². The first kappa shape index (κ1) is 12.4. The summed E-state index contributed by atoms with van der Waals surface area (Å²) in [5, 5.41) is 14.0. The van der Waals surface area contributed by atoms with Gasteiger partial charge in [-0.25, -0.2) is 4.79 Å². The van der Waals surface area contributed by atoms with E-state index < -0.39 is 0 Å². The molecule has 2 aromatic rings. The number of rotatable bonds is 3. The highest BCUT2D eigenvalue weighted by molar-refractivity contribution is 7.09. The highest BCUT2D eigenvalue weighted by atomic mass is 32.1. The van der Waals surface area contributed by atoms with Crippen LogP contribution in [0.25, 0.3) is 0 Å². The van der Waals surface area contributed by atoms with E-state index in [9.17, 15) is 9.90 Å². The van der Waals surface area contributed by atoms with Crippen molar-refractivity contribution in [3.05, 3.63) is 46.7 Å². The second kappa shape index (κ2) is 5.55. The van der Waals surface area contributed by atoms with Crippen LogP contribution in [-0.2, 0) is 6.54 Å². The number of benzene rings is 1. The molecule has 4 nitrogen and oxygen atoms in total. The summed E-state index contributed by atoms with van der Waals surface area (Å²) in [6.07, 6.45) is 0. The summed E-state index contributed by atoms with van der Waals surface area (Å²) in [6.45, 7) is 0.527. The van der Waals surface area contributed by atoms with Crippen LogP contribution in [0.2, 0.25) is 0 Å². The number of nitrogens with zero attached hydrogens (tertiary/aromatic N) is 1. The molecule has 0 saturated heterocycles. The second-order valence-electron chi connectivity index (χ2n) is 3.81. The van der Waals surface area contributed by atoms with Crippen LogP contribution in [-0.4, -0.2) is 18.2 Å². The van der Waals surface area contributed by atoms with E-state index in [1.54, 1.807) is 42.6 Å². The molecule has 0 saturated carbocycles. The molecule has 2 amide bonds. The van der Waals surface area contributed by atoms with Gasteiger partial charge in [0.2, 0.25) is 0 Å². The van der Waals surface area contributed by atoms with Gasteiger partial charge in [-0.05, 0) is 35.7 Å². The van der Waals surface area contributed by atoms with Gasteiger partial charge in [0.15, 0.2) is 0 Å². The first-order chi connectivity index (χ1) is 8.66. The number of carbonyl (C=O) groups excluding carboxylic acids is 1. The number of amides is 2. The quantitative estimate of drug-likeness (QED) is 0.893. The van der Waals surface area contributed by atoms with E-state index in [-0.39, 0.29) is 11.8 Å². The van der Waals surface area contributed by atoms with Crippen molar-refractivity contribution in [1.29, 1.82) is 0 Å². The van der Waals surface area contributed by atoms with E-state index in [1.165, 1.54) is 4.90 Å². The summed E-state index contributed by atoms with van der Waals surface area (Å²) < 4.78 is 0. The zero-order chi connectivity index (χ0) is 13.0. The molecule has 94 valence electrons. The Bertz CT molecular complexity index is 508. The number of hydrogen-bond acceptors (Lipinski definition) is 3. The SMILES string of the molecule is CN(C(=O)NCc1cccs1)c1ccc(O)cc1. The molecule has 0 unspecified atom stereocenters. The van der Waals surface area contributed by atoms with Gasteiger partial charge in [0.1, 0.15) is 5.75 Å². The normalized spacial score (nSPS) is 10.1. The molecule has 0 bridgehead atoms. The maximum atomic E-state index is 11.9. The number of hydrogen-bond donors (Lipinski definition) is 2. The molecule has 1 aromatic heterocycles. The predicted octanol–water partition coefficient (Wildman–Crippen LogP) is 2.80. The standard InChI is InChI=1S/C13H14N2O2S/c1-15(10-4-6-11(16)7-5-10)13(17)14-9-12-3-2-8-18-12/h2-8,16H,9H2,1H3,(H,14,17). The van der Waals surface area contributed by atoms with Gasteiger partial charge in [-0.2, -0.15) is 0 Å². The van der Waals surface area contributed by atoms with Gasteiger partial charge >= 0.3 is 6.03 Å². The molecule has 5 heteroatoms. The molecular weight excluding hydrogens is 248 g/mol. The molecule has 2 N–H and O–H groups in total. The Labute approximate surface area is 109 Å². The van der Waals surface area contributed by atoms with E-state index in [4.69, 9.17) is 0 Å². The summed E-state index contributed by atoms with van der Waals surface area (Å²) in [5.41, 5.74) is 0.733. The van der Waals surface area contributed by atoms with Crippen molar-refractivity contribution in [1.82, 2.24) is 5.32 Å². The molecule has 0 radical (unpaired) electrons. The number of anilines is 1. The van der Waals surface area contributed by atoms with E-state index in [0.717, 1.165) is 10.6 Å². The van der Waals surface area contributed by atoms with Gasteiger partial charge in [-0.15, -0.1) is 11.3 Å². The van der Waals surface area contributed by atoms with Gasteiger partial charge in [0.05, 0.1) is 6.54 Å². The molecule has 0 aliphatic rings. The van der Waals surface area contributed by atoms with Crippen molar-refractivity contribution >= 4 is 23.1 Å². The van der Waals surface area contributed by atoms with E-state index in [2.05, 4.69) is 5.32 Å². The van der Waals surface area contributed by atoms with Gasteiger partial charge in [-0.3, -0.25) is 4.90 Å². The third-order valence-electron chi connectivity index (χ3n) is 2.54. The fourth-order valence-corrected chi connectivity index (χ4v) is 2.13. The third-order valence-corrected chi connectivity index (χ3v) is 3.41. The van der Waals surface area contributed by atoms with Crippen LogP contribution in [0.15, 0.2) is 41.8 Å².